The van der Waals surface area contributed by atoms with Gasteiger partial charge >= 0.3 is 0 Å². The molecule has 0 fully saturated rings. The highest BCUT2D eigenvalue weighted by atomic mass is 15.2. The number of nitrogens with zero attached hydrogens (tertiary/aromatic N) is 2. The van der Waals surface area contributed by atoms with E-state index in [1.54, 1.807) is 0 Å². The van der Waals surface area contributed by atoms with E-state index >= 15 is 0 Å². The highest BCUT2D eigenvalue weighted by Crippen LogP contribution is 2.47. The van der Waals surface area contributed by atoms with Crippen molar-refractivity contribution >= 4 is 44.9 Å². The van der Waals surface area contributed by atoms with Gasteiger partial charge in [-0.1, -0.05) is 237 Å². The smallest absolute Gasteiger partial charge is 0.0540 e. The Morgan fingerprint density at radius 3 is 0.972 bits per heavy atom. The van der Waals surface area contributed by atoms with Crippen LogP contribution < -0.4 is 9.80 Å². The van der Waals surface area contributed by atoms with Crippen molar-refractivity contribution in [3.05, 3.63) is 303 Å². The molecule has 0 aromatic heterocycles. The first-order valence-electron chi connectivity index (χ1n) is 24.6. The van der Waals surface area contributed by atoms with Crippen molar-refractivity contribution in [3.63, 3.8) is 0 Å². The van der Waals surface area contributed by atoms with Gasteiger partial charge in [0.1, 0.15) is 0 Å². The molecule has 0 aliphatic heterocycles. The van der Waals surface area contributed by atoms with E-state index in [2.05, 4.69) is 313 Å². The van der Waals surface area contributed by atoms with Crippen LogP contribution in [0.5, 0.6) is 0 Å². The van der Waals surface area contributed by atoms with Crippen LogP contribution in [0, 0.1) is 0 Å². The second kappa shape index (κ2) is 19.8. The number of hydrogen-bond acceptors (Lipinski definition) is 2. The van der Waals surface area contributed by atoms with Gasteiger partial charge in [0.05, 0.1) is 5.69 Å². The molecular weight excluding hydrogens is 869 g/mol. The zero-order chi connectivity index (χ0) is 48.1. The van der Waals surface area contributed by atoms with Gasteiger partial charge in [0.2, 0.25) is 0 Å². The number of fused-ring (bicyclic) bond motifs is 1. The second-order valence-corrected chi connectivity index (χ2v) is 18.2. The molecular formula is C70H50N2. The van der Waals surface area contributed by atoms with Gasteiger partial charge in [-0.15, -0.1) is 0 Å². The predicted molar refractivity (Wildman–Crippen MR) is 306 cm³/mol. The number of benzene rings is 12. The lowest BCUT2D eigenvalue weighted by molar-refractivity contribution is 1.25. The molecule has 0 bridgehead atoms. The Morgan fingerprint density at radius 1 is 0.167 bits per heavy atom. The highest BCUT2D eigenvalue weighted by Gasteiger charge is 2.22. The number of anilines is 6. The lowest BCUT2D eigenvalue weighted by Crippen LogP contribution is -2.14. The topological polar surface area (TPSA) is 6.48 Å². The fourth-order valence-electron chi connectivity index (χ4n) is 9.95. The Kier molecular flexibility index (Phi) is 12.1. The molecule has 72 heavy (non-hydrogen) atoms. The van der Waals surface area contributed by atoms with E-state index in [0.717, 1.165) is 56.4 Å². The largest absolute Gasteiger partial charge is 0.310 e. The molecule has 0 spiro atoms. The zero-order valence-electron chi connectivity index (χ0n) is 39.8. The van der Waals surface area contributed by atoms with Crippen molar-refractivity contribution in [1.82, 2.24) is 0 Å². The van der Waals surface area contributed by atoms with Gasteiger partial charge < -0.3 is 9.80 Å². The van der Waals surface area contributed by atoms with Crippen LogP contribution >= 0.6 is 0 Å². The summed E-state index contributed by atoms with van der Waals surface area (Å²) in [5.74, 6) is 0. The quantitative estimate of drug-likeness (QED) is 0.120. The van der Waals surface area contributed by atoms with E-state index in [9.17, 15) is 0 Å². The molecule has 0 saturated carbocycles. The molecule has 0 N–H and O–H groups in total. The molecule has 0 heterocycles. The standard InChI is InChI=1S/C70H50N2/c1-5-17-51(18-6-1)56-29-32-60(33-30-56)69-27-15-16-28-70(69)72(66-45-39-59(40-46-66)54-23-11-4-12-24-54)68-49-63(62-34-31-55-25-13-14-26-61(55)47-62)48-67(50-68)71(64-41-35-57(36-42-64)52-19-7-2-8-20-52)65-43-37-58(38-44-65)53-21-9-3-10-22-53/h1-50H. The third kappa shape index (κ3) is 9.09. The zero-order valence-corrected chi connectivity index (χ0v) is 39.8. The Balaban J connectivity index is 1.08. The molecule has 0 aliphatic carbocycles. The van der Waals surface area contributed by atoms with Crippen molar-refractivity contribution in [2.75, 3.05) is 9.80 Å². The van der Waals surface area contributed by atoms with Gasteiger partial charge in [0, 0.05) is 34.0 Å². The van der Waals surface area contributed by atoms with Crippen LogP contribution in [0.2, 0.25) is 0 Å². The maximum Gasteiger partial charge on any atom is 0.0540 e. The summed E-state index contributed by atoms with van der Waals surface area (Å²) in [6.07, 6.45) is 0. The Labute approximate surface area is 422 Å². The van der Waals surface area contributed by atoms with Crippen LogP contribution in [-0.4, -0.2) is 0 Å². The Bertz CT molecular complexity index is 3660. The van der Waals surface area contributed by atoms with Crippen LogP contribution in [-0.2, 0) is 0 Å². The number of para-hydroxylation sites is 1. The molecule has 2 heteroatoms. The van der Waals surface area contributed by atoms with E-state index in [-0.39, 0.29) is 0 Å². The average molecular weight is 919 g/mol. The number of hydrogen-bond donors (Lipinski definition) is 0. The fraction of sp³-hybridized carbons (Fsp3) is 0. The van der Waals surface area contributed by atoms with E-state index in [1.165, 1.54) is 55.3 Å². The summed E-state index contributed by atoms with van der Waals surface area (Å²) in [5, 5.41) is 2.41. The van der Waals surface area contributed by atoms with E-state index in [0.29, 0.717) is 0 Å². The minimum Gasteiger partial charge on any atom is -0.310 e. The summed E-state index contributed by atoms with van der Waals surface area (Å²) in [6.45, 7) is 0. The van der Waals surface area contributed by atoms with Gasteiger partial charge in [0.15, 0.2) is 0 Å². The molecule has 0 saturated heterocycles. The molecule has 12 rings (SSSR count). The van der Waals surface area contributed by atoms with Gasteiger partial charge in [-0.25, -0.2) is 0 Å². The Morgan fingerprint density at radius 2 is 0.500 bits per heavy atom. The fourth-order valence-corrected chi connectivity index (χ4v) is 9.95. The highest BCUT2D eigenvalue weighted by molar-refractivity contribution is 5.94. The summed E-state index contributed by atoms with van der Waals surface area (Å²) in [5.41, 5.74) is 20.3. The minimum atomic E-state index is 1.03. The van der Waals surface area contributed by atoms with Crippen molar-refractivity contribution in [2.24, 2.45) is 0 Å². The van der Waals surface area contributed by atoms with Crippen LogP contribution in [0.25, 0.3) is 77.5 Å². The molecule has 2 nitrogen and oxygen atoms in total. The minimum absolute atomic E-state index is 1.03. The molecule has 0 aliphatic rings. The lowest BCUT2D eigenvalue weighted by Gasteiger charge is -2.31. The summed E-state index contributed by atoms with van der Waals surface area (Å²) < 4.78 is 0. The first-order chi connectivity index (χ1) is 35.7. The van der Waals surface area contributed by atoms with E-state index in [4.69, 9.17) is 0 Å². The summed E-state index contributed by atoms with van der Waals surface area (Å²) in [4.78, 5) is 4.85. The summed E-state index contributed by atoms with van der Waals surface area (Å²) >= 11 is 0. The Hall–Kier alpha value is -9.50. The molecule has 12 aromatic carbocycles. The molecule has 0 amide bonds. The molecule has 0 radical (unpaired) electrons. The molecule has 12 aromatic rings. The normalized spacial score (nSPS) is 11.1. The van der Waals surface area contributed by atoms with Crippen LogP contribution in [0.4, 0.5) is 34.1 Å². The van der Waals surface area contributed by atoms with Crippen molar-refractivity contribution in [2.45, 2.75) is 0 Å². The summed E-state index contributed by atoms with van der Waals surface area (Å²) in [7, 11) is 0. The van der Waals surface area contributed by atoms with Crippen LogP contribution in [0.1, 0.15) is 0 Å². The van der Waals surface area contributed by atoms with E-state index in [1.807, 2.05) is 0 Å². The maximum atomic E-state index is 2.44. The van der Waals surface area contributed by atoms with Gasteiger partial charge in [-0.3, -0.25) is 0 Å². The third-order valence-electron chi connectivity index (χ3n) is 13.6. The van der Waals surface area contributed by atoms with Crippen molar-refractivity contribution in [3.8, 4) is 66.8 Å². The van der Waals surface area contributed by atoms with Gasteiger partial charge in [-0.05, 0) is 139 Å². The SMILES string of the molecule is c1ccc(-c2ccc(-c3ccccc3N(c3ccc(-c4ccccc4)cc3)c3cc(-c4ccc5ccccc5c4)cc(N(c4ccc(-c5ccccc5)cc4)c4ccc(-c5ccccc5)cc4)c3)cc2)cc1. The third-order valence-corrected chi connectivity index (χ3v) is 13.6. The van der Waals surface area contributed by atoms with E-state index < -0.39 is 0 Å². The maximum absolute atomic E-state index is 2.44. The first-order valence-corrected chi connectivity index (χ1v) is 24.6. The molecule has 0 unspecified atom stereocenters. The van der Waals surface area contributed by atoms with Crippen LogP contribution in [0.15, 0.2) is 303 Å². The van der Waals surface area contributed by atoms with Crippen molar-refractivity contribution < 1.29 is 0 Å². The second-order valence-electron chi connectivity index (χ2n) is 18.2. The van der Waals surface area contributed by atoms with Gasteiger partial charge in [-0.2, -0.15) is 0 Å². The predicted octanol–water partition coefficient (Wildman–Crippen LogP) is 19.8. The monoisotopic (exact) mass is 918 g/mol. The first kappa shape index (κ1) is 43.8. The average Bonchev–Trinajstić information content (AvgIpc) is 3.47. The number of rotatable bonds is 12. The van der Waals surface area contributed by atoms with Crippen molar-refractivity contribution in [1.29, 1.82) is 0 Å². The lowest BCUT2D eigenvalue weighted by atomic mass is 9.97. The van der Waals surface area contributed by atoms with Gasteiger partial charge in [0.25, 0.3) is 0 Å². The summed E-state index contributed by atoms with van der Waals surface area (Å²) in [6, 6.07) is 110. The molecule has 340 valence electrons. The molecule has 0 atom stereocenters. The van der Waals surface area contributed by atoms with Crippen LogP contribution in [0.3, 0.4) is 0 Å².